The first-order valence-electron chi connectivity index (χ1n) is 11.6. The molecule has 4 aromatic carbocycles. The van der Waals surface area contributed by atoms with E-state index < -0.39 is 5.97 Å². The summed E-state index contributed by atoms with van der Waals surface area (Å²) in [5, 5.41) is 0.809. The Hall–Kier alpha value is -4.88. The van der Waals surface area contributed by atoms with Crippen molar-refractivity contribution in [3.05, 3.63) is 143 Å². The molecule has 0 spiro atoms. The Morgan fingerprint density at radius 2 is 1.31 bits per heavy atom. The average molecular weight is 470 g/mol. The number of hydrogen-bond acceptors (Lipinski definition) is 4. The third-order valence-corrected chi connectivity index (χ3v) is 5.59. The fourth-order valence-electron chi connectivity index (χ4n) is 3.72. The van der Waals surface area contributed by atoms with Gasteiger partial charge in [0.25, 0.3) is 0 Å². The molecule has 0 aliphatic carbocycles. The Balaban J connectivity index is 1.47. The maximum absolute atomic E-state index is 12.8. The van der Waals surface area contributed by atoms with E-state index in [-0.39, 0.29) is 12.3 Å². The molecule has 0 saturated carbocycles. The van der Waals surface area contributed by atoms with E-state index in [1.54, 1.807) is 6.07 Å². The van der Waals surface area contributed by atoms with Crippen LogP contribution in [0.1, 0.15) is 32.7 Å². The van der Waals surface area contributed by atoms with Crippen LogP contribution < -0.4 is 4.74 Å². The third-order valence-electron chi connectivity index (χ3n) is 5.59. The molecule has 5 rings (SSSR count). The number of aromatic nitrogens is 1. The molecule has 4 nitrogen and oxygen atoms in total. The van der Waals surface area contributed by atoms with Crippen molar-refractivity contribution in [2.75, 3.05) is 0 Å². The predicted octanol–water partition coefficient (Wildman–Crippen LogP) is 6.57. The second-order valence-electron chi connectivity index (χ2n) is 8.16. The van der Waals surface area contributed by atoms with E-state index >= 15 is 0 Å². The van der Waals surface area contributed by atoms with Gasteiger partial charge in [-0.2, -0.15) is 0 Å². The maximum Gasteiger partial charge on any atom is 0.357 e. The van der Waals surface area contributed by atoms with E-state index in [1.165, 1.54) is 0 Å². The molecule has 0 N–H and O–H groups in total. The van der Waals surface area contributed by atoms with Crippen LogP contribution in [0.4, 0.5) is 0 Å². The average Bonchev–Trinajstić information content (AvgIpc) is 2.95. The van der Waals surface area contributed by atoms with Gasteiger partial charge in [0, 0.05) is 16.5 Å². The van der Waals surface area contributed by atoms with Crippen molar-refractivity contribution >= 4 is 16.9 Å². The van der Waals surface area contributed by atoms with Crippen molar-refractivity contribution in [3.63, 3.8) is 0 Å². The zero-order valence-corrected chi connectivity index (χ0v) is 19.6. The quantitative estimate of drug-likeness (QED) is 0.208. The summed E-state index contributed by atoms with van der Waals surface area (Å²) in [4.78, 5) is 17.4. The molecular formula is C32H23NO3. The molecule has 1 heterocycles. The van der Waals surface area contributed by atoms with Crippen LogP contribution in [-0.4, -0.2) is 11.0 Å². The summed E-state index contributed by atoms with van der Waals surface area (Å²) in [5.74, 6) is 6.52. The van der Waals surface area contributed by atoms with Gasteiger partial charge < -0.3 is 9.47 Å². The first-order chi connectivity index (χ1) is 17.8. The van der Waals surface area contributed by atoms with E-state index in [9.17, 15) is 4.79 Å². The lowest BCUT2D eigenvalue weighted by atomic mass is 10.1. The van der Waals surface area contributed by atoms with E-state index in [4.69, 9.17) is 9.47 Å². The van der Waals surface area contributed by atoms with Gasteiger partial charge in [0.15, 0.2) is 0 Å². The number of rotatable bonds is 6. The molecule has 0 aliphatic rings. The normalized spacial score (nSPS) is 10.3. The topological polar surface area (TPSA) is 48.4 Å². The SMILES string of the molecule is O=C(OCc1ccccc1)c1ccc2c(C#Cc3ccccc3)ccc(OCc3ccccc3)c2n1. The summed E-state index contributed by atoms with van der Waals surface area (Å²) in [6, 6.07) is 36.6. The Kier molecular flexibility index (Phi) is 7.01. The summed E-state index contributed by atoms with van der Waals surface area (Å²) in [6.07, 6.45) is 0. The van der Waals surface area contributed by atoms with E-state index in [0.717, 1.165) is 27.6 Å². The molecule has 0 atom stereocenters. The molecule has 4 heteroatoms. The van der Waals surface area contributed by atoms with Crippen LogP contribution in [0.5, 0.6) is 5.75 Å². The minimum atomic E-state index is -0.490. The molecular weight excluding hydrogens is 446 g/mol. The van der Waals surface area contributed by atoms with Crippen molar-refractivity contribution in [2.24, 2.45) is 0 Å². The molecule has 0 fully saturated rings. The molecule has 0 aliphatic heterocycles. The number of benzene rings is 4. The van der Waals surface area contributed by atoms with Crippen LogP contribution in [0, 0.1) is 11.8 Å². The molecule has 0 radical (unpaired) electrons. The minimum absolute atomic E-state index is 0.180. The van der Waals surface area contributed by atoms with Crippen molar-refractivity contribution < 1.29 is 14.3 Å². The van der Waals surface area contributed by atoms with Crippen LogP contribution in [-0.2, 0) is 18.0 Å². The van der Waals surface area contributed by atoms with Gasteiger partial charge in [-0.3, -0.25) is 0 Å². The molecule has 0 saturated heterocycles. The summed E-state index contributed by atoms with van der Waals surface area (Å²) in [5.41, 5.74) is 4.46. The fourth-order valence-corrected chi connectivity index (χ4v) is 3.72. The van der Waals surface area contributed by atoms with Gasteiger partial charge in [-0.25, -0.2) is 9.78 Å². The van der Waals surface area contributed by atoms with Gasteiger partial charge in [-0.15, -0.1) is 0 Å². The molecule has 174 valence electrons. The van der Waals surface area contributed by atoms with Gasteiger partial charge in [0.2, 0.25) is 0 Å². The van der Waals surface area contributed by atoms with Crippen LogP contribution in [0.2, 0.25) is 0 Å². The van der Waals surface area contributed by atoms with Crippen LogP contribution in [0.3, 0.4) is 0 Å². The highest BCUT2D eigenvalue weighted by Crippen LogP contribution is 2.28. The lowest BCUT2D eigenvalue weighted by Gasteiger charge is -2.11. The Bertz CT molecular complexity index is 1540. The first kappa shape index (κ1) is 22.9. The third kappa shape index (κ3) is 5.60. The zero-order chi connectivity index (χ0) is 24.6. The van der Waals surface area contributed by atoms with Crippen molar-refractivity contribution in [2.45, 2.75) is 13.2 Å². The number of fused-ring (bicyclic) bond motifs is 1. The number of nitrogens with zero attached hydrogens (tertiary/aromatic N) is 1. The van der Waals surface area contributed by atoms with Crippen molar-refractivity contribution in [1.29, 1.82) is 0 Å². The highest BCUT2D eigenvalue weighted by molar-refractivity contribution is 5.95. The zero-order valence-electron chi connectivity index (χ0n) is 19.6. The van der Waals surface area contributed by atoms with Crippen molar-refractivity contribution in [1.82, 2.24) is 4.98 Å². The smallest absolute Gasteiger partial charge is 0.357 e. The Morgan fingerprint density at radius 3 is 2.00 bits per heavy atom. The number of carbonyl (C=O) groups excluding carboxylic acids is 1. The number of pyridine rings is 1. The maximum atomic E-state index is 12.8. The highest BCUT2D eigenvalue weighted by atomic mass is 16.5. The molecule has 36 heavy (non-hydrogen) atoms. The summed E-state index contributed by atoms with van der Waals surface area (Å²) >= 11 is 0. The lowest BCUT2D eigenvalue weighted by molar-refractivity contribution is 0.0466. The van der Waals surface area contributed by atoms with Gasteiger partial charge in [-0.1, -0.05) is 90.7 Å². The van der Waals surface area contributed by atoms with E-state index in [1.807, 2.05) is 109 Å². The molecule has 0 bridgehead atoms. The second-order valence-corrected chi connectivity index (χ2v) is 8.16. The van der Waals surface area contributed by atoms with E-state index in [0.29, 0.717) is 17.9 Å². The number of hydrogen-bond donors (Lipinski definition) is 0. The molecule has 0 amide bonds. The first-order valence-corrected chi connectivity index (χ1v) is 11.6. The number of carbonyl (C=O) groups is 1. The van der Waals surface area contributed by atoms with Crippen LogP contribution in [0.15, 0.2) is 115 Å². The number of ether oxygens (including phenoxy) is 2. The largest absolute Gasteiger partial charge is 0.487 e. The minimum Gasteiger partial charge on any atom is -0.487 e. The molecule has 1 aromatic heterocycles. The number of esters is 1. The van der Waals surface area contributed by atoms with Crippen molar-refractivity contribution in [3.8, 4) is 17.6 Å². The van der Waals surface area contributed by atoms with Gasteiger partial charge in [0.05, 0.1) is 0 Å². The summed E-state index contributed by atoms with van der Waals surface area (Å²) < 4.78 is 11.6. The lowest BCUT2D eigenvalue weighted by Crippen LogP contribution is -2.08. The van der Waals surface area contributed by atoms with Gasteiger partial charge >= 0.3 is 5.97 Å². The van der Waals surface area contributed by atoms with Crippen LogP contribution in [0.25, 0.3) is 10.9 Å². The highest BCUT2D eigenvalue weighted by Gasteiger charge is 2.14. The fraction of sp³-hybridized carbons (Fsp3) is 0.0625. The van der Waals surface area contributed by atoms with E-state index in [2.05, 4.69) is 16.8 Å². The second kappa shape index (κ2) is 11.0. The predicted molar refractivity (Wildman–Crippen MR) is 141 cm³/mol. The monoisotopic (exact) mass is 469 g/mol. The van der Waals surface area contributed by atoms with Crippen LogP contribution >= 0.6 is 0 Å². The van der Waals surface area contributed by atoms with Gasteiger partial charge in [0.1, 0.15) is 30.2 Å². The Labute approximate surface area is 210 Å². The summed E-state index contributed by atoms with van der Waals surface area (Å²) in [7, 11) is 0. The Morgan fingerprint density at radius 1 is 0.667 bits per heavy atom. The standard InChI is InChI=1S/C32H23NO3/c34-32(36-23-26-14-8-3-9-15-26)29-20-19-28-27(17-16-24-10-4-1-5-11-24)18-21-30(31(28)33-29)35-22-25-12-6-2-7-13-25/h1-15,18-21H,22-23H2. The summed E-state index contributed by atoms with van der Waals surface area (Å²) in [6.45, 7) is 0.564. The van der Waals surface area contributed by atoms with Gasteiger partial charge in [-0.05, 0) is 47.5 Å². The molecule has 0 unspecified atom stereocenters. The molecule has 5 aromatic rings.